The number of carbonyl (C=O) groups excluding carboxylic acids is 4. The lowest BCUT2D eigenvalue weighted by molar-refractivity contribution is -0.311. The molecule has 3 fully saturated rings. The van der Waals surface area contributed by atoms with Gasteiger partial charge in [-0.25, -0.2) is 0 Å². The van der Waals surface area contributed by atoms with Crippen molar-refractivity contribution >= 4 is 23.3 Å². The molecule has 2 aromatic rings. The number of fused-ring (bicyclic) bond motifs is 3. The number of phenols is 3. The first kappa shape index (κ1) is 42.1. The van der Waals surface area contributed by atoms with Gasteiger partial charge in [0.1, 0.15) is 35.4 Å². The number of aromatic hydroxyl groups is 3. The third-order valence-corrected chi connectivity index (χ3v) is 12.5. The minimum atomic E-state index is -1.90. The average Bonchev–Trinajstić information content (AvgIpc) is 3.17. The molecule has 5 aliphatic rings. The normalized spacial score (nSPS) is 35.0. The van der Waals surface area contributed by atoms with Crippen LogP contribution in [-0.2, 0) is 42.7 Å². The number of nitrogens with zero attached hydrogens (tertiary/aromatic N) is 1. The summed E-state index contributed by atoms with van der Waals surface area (Å²) in [5.41, 5.74) is -4.04. The Morgan fingerprint density at radius 3 is 2.17 bits per heavy atom. The third kappa shape index (κ3) is 7.31. The van der Waals surface area contributed by atoms with Crippen molar-refractivity contribution in [2.45, 2.75) is 146 Å². The molecular formula is C42H53NO15. The van der Waals surface area contributed by atoms with Crippen molar-refractivity contribution in [3.63, 3.8) is 0 Å². The van der Waals surface area contributed by atoms with Crippen molar-refractivity contribution in [3.8, 4) is 17.2 Å². The zero-order valence-corrected chi connectivity index (χ0v) is 33.8. The molecule has 3 heterocycles. The lowest BCUT2D eigenvalue weighted by Gasteiger charge is -2.48. The summed E-state index contributed by atoms with van der Waals surface area (Å²) >= 11 is 0. The maximum atomic E-state index is 14.0. The molecular weight excluding hydrogens is 758 g/mol. The molecule has 0 aromatic heterocycles. The van der Waals surface area contributed by atoms with Crippen LogP contribution < -0.4 is 0 Å². The van der Waals surface area contributed by atoms with E-state index >= 15 is 0 Å². The number of ketones is 3. The van der Waals surface area contributed by atoms with E-state index in [2.05, 4.69) is 0 Å². The number of carbonyl (C=O) groups is 4. The molecule has 4 N–H and O–H groups in total. The summed E-state index contributed by atoms with van der Waals surface area (Å²) in [6, 6.07) is 3.61. The second kappa shape index (κ2) is 16.2. The number of hydrogen-bond acceptors (Lipinski definition) is 16. The Hall–Kier alpha value is -4.00. The Morgan fingerprint density at radius 1 is 0.845 bits per heavy atom. The molecule has 7 rings (SSSR count). The summed E-state index contributed by atoms with van der Waals surface area (Å²) < 4.78 is 42.9. The van der Waals surface area contributed by atoms with E-state index in [1.807, 2.05) is 32.8 Å². The third-order valence-electron chi connectivity index (χ3n) is 12.5. The molecule has 3 aliphatic heterocycles. The van der Waals surface area contributed by atoms with Crippen LogP contribution in [0.3, 0.4) is 0 Å². The van der Waals surface area contributed by atoms with Crippen LogP contribution in [0.5, 0.6) is 17.2 Å². The first-order valence-corrected chi connectivity index (χ1v) is 19.9. The molecule has 0 bridgehead atoms. The molecule has 316 valence electrons. The molecule has 0 spiro atoms. The highest BCUT2D eigenvalue weighted by atomic mass is 16.7. The van der Waals surface area contributed by atoms with E-state index in [9.17, 15) is 39.6 Å². The zero-order valence-electron chi connectivity index (χ0n) is 33.8. The van der Waals surface area contributed by atoms with Gasteiger partial charge in [-0.05, 0) is 53.8 Å². The fraction of sp³-hybridized carbons (Fsp3) is 0.619. The van der Waals surface area contributed by atoms with Crippen LogP contribution in [0.25, 0.3) is 0 Å². The molecule has 12 atom stereocenters. The summed E-state index contributed by atoms with van der Waals surface area (Å²) in [6.07, 6.45) is -3.45. The topological polar surface area (TPSA) is 217 Å². The maximum absolute atomic E-state index is 14.0. The van der Waals surface area contributed by atoms with Gasteiger partial charge >= 0.3 is 5.97 Å². The van der Waals surface area contributed by atoms with Crippen LogP contribution in [0.1, 0.15) is 128 Å². The van der Waals surface area contributed by atoms with Gasteiger partial charge in [-0.1, -0.05) is 19.1 Å². The minimum Gasteiger partial charge on any atom is -0.507 e. The van der Waals surface area contributed by atoms with E-state index in [-0.39, 0.29) is 65.5 Å². The first-order valence-electron chi connectivity index (χ1n) is 19.9. The van der Waals surface area contributed by atoms with E-state index in [0.717, 1.165) is 7.11 Å². The number of rotatable bonds is 9. The Balaban J connectivity index is 1.15. The molecule has 0 saturated carbocycles. The van der Waals surface area contributed by atoms with Gasteiger partial charge in [-0.15, -0.1) is 0 Å². The Morgan fingerprint density at radius 2 is 1.52 bits per heavy atom. The molecule has 2 aromatic carbocycles. The number of benzene rings is 2. The smallest absolute Gasteiger partial charge is 0.316 e. The van der Waals surface area contributed by atoms with E-state index in [1.165, 1.54) is 18.2 Å². The molecule has 0 radical (unpaired) electrons. The van der Waals surface area contributed by atoms with Crippen molar-refractivity contribution in [2.75, 3.05) is 21.2 Å². The van der Waals surface area contributed by atoms with Crippen LogP contribution in [0.2, 0.25) is 0 Å². The van der Waals surface area contributed by atoms with Gasteiger partial charge in [0.15, 0.2) is 30.4 Å². The van der Waals surface area contributed by atoms with Gasteiger partial charge in [0.25, 0.3) is 0 Å². The summed E-state index contributed by atoms with van der Waals surface area (Å²) in [6.45, 7) is 7.10. The Kier molecular flexibility index (Phi) is 11.8. The molecule has 16 heteroatoms. The predicted molar refractivity (Wildman–Crippen MR) is 202 cm³/mol. The van der Waals surface area contributed by atoms with Crippen LogP contribution >= 0.6 is 0 Å². The van der Waals surface area contributed by atoms with E-state index in [0.29, 0.717) is 25.7 Å². The molecule has 2 aliphatic carbocycles. The van der Waals surface area contributed by atoms with Gasteiger partial charge in [-0.3, -0.25) is 19.2 Å². The highest BCUT2D eigenvalue weighted by molar-refractivity contribution is 6.31. The number of Topliss-reactive ketones (excluding diaryl/α,β-unsaturated/α-hetero) is 1. The number of aliphatic hydroxyl groups is 1. The summed E-state index contributed by atoms with van der Waals surface area (Å²) in [5, 5.41) is 46.7. The number of hydrogen-bond donors (Lipinski definition) is 4. The van der Waals surface area contributed by atoms with E-state index in [4.69, 9.17) is 33.2 Å². The van der Waals surface area contributed by atoms with E-state index < -0.39 is 101 Å². The maximum Gasteiger partial charge on any atom is 0.316 e. The fourth-order valence-electron chi connectivity index (χ4n) is 9.29. The summed E-state index contributed by atoms with van der Waals surface area (Å²) in [4.78, 5) is 55.2. The van der Waals surface area contributed by atoms with Crippen LogP contribution in [0.4, 0.5) is 0 Å². The van der Waals surface area contributed by atoms with Gasteiger partial charge in [0.05, 0.1) is 53.8 Å². The van der Waals surface area contributed by atoms with E-state index in [1.54, 1.807) is 13.8 Å². The number of methoxy groups -OCH3 is 1. The van der Waals surface area contributed by atoms with Crippen molar-refractivity contribution < 1.29 is 72.8 Å². The fourth-order valence-corrected chi connectivity index (χ4v) is 9.29. The van der Waals surface area contributed by atoms with Gasteiger partial charge in [0, 0.05) is 54.8 Å². The van der Waals surface area contributed by atoms with Crippen LogP contribution in [0, 0.1) is 0 Å². The molecule has 3 saturated heterocycles. The van der Waals surface area contributed by atoms with Crippen molar-refractivity contribution in [3.05, 3.63) is 51.6 Å². The predicted octanol–water partition coefficient (Wildman–Crippen LogP) is 3.89. The van der Waals surface area contributed by atoms with Gasteiger partial charge in [0.2, 0.25) is 5.78 Å². The van der Waals surface area contributed by atoms with Crippen LogP contribution in [0.15, 0.2) is 18.2 Å². The summed E-state index contributed by atoms with van der Waals surface area (Å²) in [5.74, 6) is -6.23. The average molecular weight is 812 g/mol. The highest BCUT2D eigenvalue weighted by Gasteiger charge is 2.55. The van der Waals surface area contributed by atoms with Gasteiger partial charge in [-0.2, -0.15) is 0 Å². The monoisotopic (exact) mass is 811 g/mol. The summed E-state index contributed by atoms with van der Waals surface area (Å²) in [7, 11) is 4.89. The van der Waals surface area contributed by atoms with Crippen molar-refractivity contribution in [2.24, 2.45) is 0 Å². The Bertz CT molecular complexity index is 1970. The number of esters is 1. The first-order chi connectivity index (χ1) is 27.5. The number of likely N-dealkylation sites (N-methyl/N-ethyl adjacent to an activating group) is 1. The molecule has 0 unspecified atom stereocenters. The van der Waals surface area contributed by atoms with Crippen LogP contribution in [-0.4, -0.2) is 131 Å². The molecule has 0 amide bonds. The van der Waals surface area contributed by atoms with Gasteiger partial charge < -0.3 is 58.5 Å². The molecule has 58 heavy (non-hydrogen) atoms. The van der Waals surface area contributed by atoms with Crippen molar-refractivity contribution in [1.29, 1.82) is 0 Å². The molecule has 16 nitrogen and oxygen atoms in total. The zero-order chi connectivity index (χ0) is 42.0. The van der Waals surface area contributed by atoms with Crippen molar-refractivity contribution in [1.82, 2.24) is 4.90 Å². The lowest BCUT2D eigenvalue weighted by atomic mass is 9.66. The quantitative estimate of drug-likeness (QED) is 0.178. The number of ether oxygens (including phenoxy) is 7. The highest BCUT2D eigenvalue weighted by Crippen LogP contribution is 2.57. The second-order valence-corrected chi connectivity index (χ2v) is 16.2. The second-order valence-electron chi connectivity index (χ2n) is 16.2. The lowest BCUT2D eigenvalue weighted by Crippen LogP contribution is -2.57. The largest absolute Gasteiger partial charge is 0.507 e. The standard InChI is InChI=1S/C42H53NO15/c1-8-42(51)17-26(31-32(35(42)41(50)52-7)39(49)33-34(38(31)48)37(47)30-21(36(33)46)10-9-11-24(30)45)57-29-16-22(43(5)6)40(20(4)55-29)58-28-15-13-25(19(3)54-28)56-27-14-12-23(44)18(2)53-27/h9-11,18-20,22,25-29,35,40,45,48-49,51H,8,12-17H2,1-7H3/t18-,19-,20-,22-,25-,26-,27-,28-,29-,35-,40+,42+/m0/s1. The Labute approximate surface area is 336 Å². The SMILES string of the molecule is CC[C@@]1(O)C[C@H](O[C@H]2C[C@H](N(C)C)[C@H](O[C@H]3CC[C@H](O[C@H]4CCC(=O)[C@H](C)O4)[C@H](C)O3)[C@H](C)O2)c2c(O)c3c(c(O)c2[C@H]1C(=O)OC)C(=O)c1cccc(O)c1C3=O. The number of phenolic OH excluding ortho intramolecular Hbond substituents is 3. The minimum absolute atomic E-state index is 0.0245.